The van der Waals surface area contributed by atoms with E-state index in [-0.39, 0.29) is 12.5 Å². The van der Waals surface area contributed by atoms with Gasteiger partial charge in [0.05, 0.1) is 19.7 Å². The van der Waals surface area contributed by atoms with E-state index >= 15 is 0 Å². The summed E-state index contributed by atoms with van der Waals surface area (Å²) in [5, 5.41) is 6.69. The Balaban J connectivity index is 1.66. The SMILES string of the molecule is Cc1ccc(CN=C(NCC(=O)N(C)C)NC2CCCC2)c(OCC2CC2)c1. The van der Waals surface area contributed by atoms with Crippen LogP contribution in [0, 0.1) is 12.8 Å². The topological polar surface area (TPSA) is 66.0 Å². The van der Waals surface area contributed by atoms with Gasteiger partial charge < -0.3 is 20.3 Å². The van der Waals surface area contributed by atoms with Crippen molar-refractivity contribution < 1.29 is 9.53 Å². The molecule has 0 atom stereocenters. The number of carbonyl (C=O) groups excluding carboxylic acids is 1. The van der Waals surface area contributed by atoms with Crippen molar-refractivity contribution in [3.05, 3.63) is 29.3 Å². The van der Waals surface area contributed by atoms with E-state index in [2.05, 4.69) is 35.8 Å². The summed E-state index contributed by atoms with van der Waals surface area (Å²) >= 11 is 0. The van der Waals surface area contributed by atoms with E-state index in [1.165, 1.54) is 31.2 Å². The van der Waals surface area contributed by atoms with Gasteiger partial charge in [-0.1, -0.05) is 25.0 Å². The standard InChI is InChI=1S/C22H34N4O2/c1-16-8-11-18(20(12-16)28-15-17-9-10-17)13-23-22(24-14-21(27)26(2)3)25-19-6-4-5-7-19/h8,11-12,17,19H,4-7,9-10,13-15H2,1-3H3,(H2,23,24,25). The highest BCUT2D eigenvalue weighted by molar-refractivity contribution is 5.86. The van der Waals surface area contributed by atoms with Crippen LogP contribution in [-0.2, 0) is 11.3 Å². The van der Waals surface area contributed by atoms with E-state index in [9.17, 15) is 4.79 Å². The molecule has 6 nitrogen and oxygen atoms in total. The Morgan fingerprint density at radius 2 is 1.96 bits per heavy atom. The molecule has 6 heteroatoms. The fourth-order valence-corrected chi connectivity index (χ4v) is 3.32. The van der Waals surface area contributed by atoms with Gasteiger partial charge in [0.2, 0.25) is 5.91 Å². The molecule has 0 spiro atoms. The summed E-state index contributed by atoms with van der Waals surface area (Å²) < 4.78 is 6.07. The number of nitrogens with zero attached hydrogens (tertiary/aromatic N) is 2. The quantitative estimate of drug-likeness (QED) is 0.533. The maximum Gasteiger partial charge on any atom is 0.241 e. The number of guanidine groups is 1. The summed E-state index contributed by atoms with van der Waals surface area (Å²) in [5.41, 5.74) is 2.27. The molecular formula is C22H34N4O2. The van der Waals surface area contributed by atoms with Crippen molar-refractivity contribution in [3.8, 4) is 5.75 Å². The highest BCUT2D eigenvalue weighted by atomic mass is 16.5. The van der Waals surface area contributed by atoms with Crippen LogP contribution >= 0.6 is 0 Å². The number of aliphatic imine (C=N–C) groups is 1. The number of benzene rings is 1. The number of ether oxygens (including phenoxy) is 1. The third-order valence-corrected chi connectivity index (χ3v) is 5.40. The first-order valence-corrected chi connectivity index (χ1v) is 10.5. The molecule has 3 rings (SSSR count). The summed E-state index contributed by atoms with van der Waals surface area (Å²) in [4.78, 5) is 18.3. The Bertz CT molecular complexity index is 692. The highest BCUT2D eigenvalue weighted by Gasteiger charge is 2.22. The van der Waals surface area contributed by atoms with Gasteiger partial charge >= 0.3 is 0 Å². The van der Waals surface area contributed by atoms with Crippen LogP contribution in [0.25, 0.3) is 0 Å². The molecule has 0 unspecified atom stereocenters. The molecule has 0 saturated heterocycles. The van der Waals surface area contributed by atoms with Gasteiger partial charge in [0.1, 0.15) is 5.75 Å². The van der Waals surface area contributed by atoms with Crippen molar-refractivity contribution in [2.75, 3.05) is 27.2 Å². The lowest BCUT2D eigenvalue weighted by Gasteiger charge is -2.19. The zero-order valence-corrected chi connectivity index (χ0v) is 17.5. The van der Waals surface area contributed by atoms with Crippen molar-refractivity contribution in [1.82, 2.24) is 15.5 Å². The summed E-state index contributed by atoms with van der Waals surface area (Å²) in [6, 6.07) is 6.73. The van der Waals surface area contributed by atoms with Gasteiger partial charge in [-0.15, -0.1) is 0 Å². The maximum atomic E-state index is 12.0. The number of aryl methyl sites for hydroxylation is 1. The predicted octanol–water partition coefficient (Wildman–Crippen LogP) is 2.85. The van der Waals surface area contributed by atoms with Crippen LogP contribution in [0.4, 0.5) is 0 Å². The molecular weight excluding hydrogens is 352 g/mol. The second kappa shape index (κ2) is 9.80. The molecule has 28 heavy (non-hydrogen) atoms. The molecule has 1 amide bonds. The normalized spacial score (nSPS) is 17.5. The summed E-state index contributed by atoms with van der Waals surface area (Å²) in [5.74, 6) is 2.39. The Morgan fingerprint density at radius 1 is 1.21 bits per heavy atom. The highest BCUT2D eigenvalue weighted by Crippen LogP contribution is 2.31. The smallest absolute Gasteiger partial charge is 0.241 e. The number of nitrogens with one attached hydrogen (secondary N) is 2. The van der Waals surface area contributed by atoms with Gasteiger partial charge in [-0.05, 0) is 50.2 Å². The second-order valence-electron chi connectivity index (χ2n) is 8.30. The number of hydrogen-bond acceptors (Lipinski definition) is 3. The maximum absolute atomic E-state index is 12.0. The summed E-state index contributed by atoms with van der Waals surface area (Å²) in [6.45, 7) is 3.64. The molecule has 0 radical (unpaired) electrons. The summed E-state index contributed by atoms with van der Waals surface area (Å²) in [7, 11) is 3.53. The zero-order valence-electron chi connectivity index (χ0n) is 17.5. The van der Waals surface area contributed by atoms with E-state index in [1.54, 1.807) is 19.0 Å². The molecule has 2 N–H and O–H groups in total. The van der Waals surface area contributed by atoms with E-state index in [4.69, 9.17) is 9.73 Å². The van der Waals surface area contributed by atoms with Crippen LogP contribution in [0.1, 0.15) is 49.7 Å². The summed E-state index contributed by atoms with van der Waals surface area (Å²) in [6.07, 6.45) is 7.36. The van der Waals surface area contributed by atoms with Crippen LogP contribution in [0.3, 0.4) is 0 Å². The molecule has 154 valence electrons. The van der Waals surface area contributed by atoms with Gasteiger partial charge in [-0.25, -0.2) is 4.99 Å². The first-order valence-electron chi connectivity index (χ1n) is 10.5. The molecule has 2 saturated carbocycles. The lowest BCUT2D eigenvalue weighted by molar-refractivity contribution is -0.127. The minimum atomic E-state index is 0.0321. The van der Waals surface area contributed by atoms with E-state index < -0.39 is 0 Å². The molecule has 2 aliphatic rings. The van der Waals surface area contributed by atoms with Crippen LogP contribution in [0.15, 0.2) is 23.2 Å². The Morgan fingerprint density at radius 3 is 2.64 bits per heavy atom. The third-order valence-electron chi connectivity index (χ3n) is 5.40. The van der Waals surface area contributed by atoms with E-state index in [0.29, 0.717) is 18.5 Å². The monoisotopic (exact) mass is 386 g/mol. The zero-order chi connectivity index (χ0) is 19.9. The van der Waals surface area contributed by atoms with Crippen molar-refractivity contribution in [1.29, 1.82) is 0 Å². The van der Waals surface area contributed by atoms with Crippen LogP contribution < -0.4 is 15.4 Å². The number of carbonyl (C=O) groups is 1. The second-order valence-corrected chi connectivity index (χ2v) is 8.30. The largest absolute Gasteiger partial charge is 0.493 e. The number of hydrogen-bond donors (Lipinski definition) is 2. The van der Waals surface area contributed by atoms with Gasteiger partial charge in [0, 0.05) is 25.7 Å². The van der Waals surface area contributed by atoms with Crippen molar-refractivity contribution >= 4 is 11.9 Å². The molecule has 0 aromatic heterocycles. The third kappa shape index (κ3) is 6.43. The van der Waals surface area contributed by atoms with Crippen molar-refractivity contribution in [2.24, 2.45) is 10.9 Å². The fraction of sp³-hybridized carbons (Fsp3) is 0.636. The lowest BCUT2D eigenvalue weighted by Crippen LogP contribution is -2.46. The molecule has 0 heterocycles. The van der Waals surface area contributed by atoms with Gasteiger partial charge in [-0.2, -0.15) is 0 Å². The van der Waals surface area contributed by atoms with E-state index in [1.807, 2.05) is 0 Å². The van der Waals surface area contributed by atoms with Crippen LogP contribution in [0.2, 0.25) is 0 Å². The molecule has 1 aromatic carbocycles. The van der Waals surface area contributed by atoms with Gasteiger partial charge in [0.25, 0.3) is 0 Å². The van der Waals surface area contributed by atoms with Crippen molar-refractivity contribution in [2.45, 2.75) is 58.0 Å². The molecule has 0 aliphatic heterocycles. The average Bonchev–Trinajstić information content (AvgIpc) is 3.37. The van der Waals surface area contributed by atoms with Gasteiger partial charge in [0.15, 0.2) is 5.96 Å². The van der Waals surface area contributed by atoms with E-state index in [0.717, 1.165) is 36.7 Å². The van der Waals surface area contributed by atoms with Gasteiger partial charge in [-0.3, -0.25) is 4.79 Å². The van der Waals surface area contributed by atoms with Crippen LogP contribution in [-0.4, -0.2) is 50.1 Å². The lowest BCUT2D eigenvalue weighted by atomic mass is 10.1. The minimum absolute atomic E-state index is 0.0321. The average molecular weight is 387 g/mol. The Labute approximate surface area is 168 Å². The number of rotatable bonds is 8. The minimum Gasteiger partial charge on any atom is -0.493 e. The van der Waals surface area contributed by atoms with Crippen molar-refractivity contribution in [3.63, 3.8) is 0 Å². The molecule has 0 bridgehead atoms. The Kier molecular flexibility index (Phi) is 7.18. The van der Waals surface area contributed by atoms with Crippen LogP contribution in [0.5, 0.6) is 5.75 Å². The first kappa shape index (κ1) is 20.5. The predicted molar refractivity (Wildman–Crippen MR) is 113 cm³/mol. The Hall–Kier alpha value is -2.24. The molecule has 1 aromatic rings. The number of amides is 1. The number of likely N-dealkylation sites (N-methyl/N-ethyl adjacent to an activating group) is 1. The fourth-order valence-electron chi connectivity index (χ4n) is 3.32. The first-order chi connectivity index (χ1) is 13.5. The molecule has 2 aliphatic carbocycles. The molecule has 2 fully saturated rings.